The van der Waals surface area contributed by atoms with Gasteiger partial charge in [0.05, 0.1) is 0 Å². The molecular formula is C17H27N3O2. The summed E-state index contributed by atoms with van der Waals surface area (Å²) in [6, 6.07) is 7.75. The molecule has 5 heteroatoms. The molecule has 1 aliphatic rings. The Hall–Kier alpha value is -1.75. The minimum atomic E-state index is -0.0553. The third-order valence-corrected chi connectivity index (χ3v) is 4.83. The van der Waals surface area contributed by atoms with Gasteiger partial charge in [0.15, 0.2) is 0 Å². The first-order valence-corrected chi connectivity index (χ1v) is 7.94. The predicted molar refractivity (Wildman–Crippen MR) is 90.4 cm³/mol. The van der Waals surface area contributed by atoms with E-state index in [2.05, 4.69) is 12.2 Å². The zero-order valence-electron chi connectivity index (χ0n) is 13.8. The predicted octanol–water partition coefficient (Wildman–Crippen LogP) is 2.77. The molecule has 1 saturated heterocycles. The maximum atomic E-state index is 12.3. The number of carbonyl (C=O) groups excluding carboxylic acids is 1. The summed E-state index contributed by atoms with van der Waals surface area (Å²) in [7, 11) is 3.98. The van der Waals surface area contributed by atoms with Crippen molar-refractivity contribution in [1.82, 2.24) is 4.90 Å². The molecule has 2 amide bonds. The van der Waals surface area contributed by atoms with Crippen molar-refractivity contribution in [3.05, 3.63) is 24.3 Å². The molecule has 122 valence electrons. The molecule has 1 aromatic carbocycles. The molecule has 1 aromatic rings. The number of benzene rings is 1. The van der Waals surface area contributed by atoms with Gasteiger partial charge >= 0.3 is 6.03 Å². The number of rotatable bonds is 4. The Balaban J connectivity index is 1.90. The molecule has 0 saturated carbocycles. The van der Waals surface area contributed by atoms with Gasteiger partial charge in [-0.05, 0) is 48.9 Å². The molecule has 5 nitrogen and oxygen atoms in total. The van der Waals surface area contributed by atoms with Gasteiger partial charge in [-0.2, -0.15) is 0 Å². The Kier molecular flexibility index (Phi) is 5.29. The van der Waals surface area contributed by atoms with Gasteiger partial charge in [0, 0.05) is 45.2 Å². The Morgan fingerprint density at radius 2 is 1.86 bits per heavy atom. The second kappa shape index (κ2) is 7.01. The lowest BCUT2D eigenvalue weighted by molar-refractivity contribution is 0.0542. The van der Waals surface area contributed by atoms with Crippen LogP contribution < -0.4 is 10.2 Å². The summed E-state index contributed by atoms with van der Waals surface area (Å²) < 4.78 is 0. The van der Waals surface area contributed by atoms with E-state index in [1.54, 1.807) is 0 Å². The SMILES string of the molecule is CCC1(CO)CCN(C(=O)Nc2ccc(N(C)C)cc2)CC1. The second-order valence-electron chi connectivity index (χ2n) is 6.37. The van der Waals surface area contributed by atoms with Crippen molar-refractivity contribution in [2.75, 3.05) is 44.0 Å². The zero-order chi connectivity index (χ0) is 16.2. The van der Waals surface area contributed by atoms with Crippen molar-refractivity contribution >= 4 is 17.4 Å². The van der Waals surface area contributed by atoms with Crippen LogP contribution in [0.1, 0.15) is 26.2 Å². The van der Waals surface area contributed by atoms with Crippen LogP contribution in [-0.2, 0) is 0 Å². The third kappa shape index (κ3) is 3.71. The average Bonchev–Trinajstić information content (AvgIpc) is 2.55. The first-order chi connectivity index (χ1) is 10.5. The van der Waals surface area contributed by atoms with Crippen LogP contribution in [-0.4, -0.2) is 49.8 Å². The molecule has 0 atom stereocenters. The summed E-state index contributed by atoms with van der Waals surface area (Å²) in [6.45, 7) is 3.73. The Morgan fingerprint density at radius 1 is 1.27 bits per heavy atom. The number of urea groups is 1. The Labute approximate surface area is 132 Å². The number of amides is 2. The monoisotopic (exact) mass is 305 g/mol. The first kappa shape index (κ1) is 16.6. The van der Waals surface area contributed by atoms with Gasteiger partial charge in [-0.25, -0.2) is 4.79 Å². The molecule has 1 aliphatic heterocycles. The van der Waals surface area contributed by atoms with Crippen molar-refractivity contribution in [3.63, 3.8) is 0 Å². The number of hydrogen-bond donors (Lipinski definition) is 2. The zero-order valence-corrected chi connectivity index (χ0v) is 13.8. The highest BCUT2D eigenvalue weighted by Crippen LogP contribution is 2.34. The number of piperidine rings is 1. The van der Waals surface area contributed by atoms with Crippen LogP contribution >= 0.6 is 0 Å². The van der Waals surface area contributed by atoms with Crippen LogP contribution in [0, 0.1) is 5.41 Å². The fourth-order valence-electron chi connectivity index (χ4n) is 2.85. The van der Waals surface area contributed by atoms with Crippen LogP contribution in [0.2, 0.25) is 0 Å². The molecule has 0 bridgehead atoms. The quantitative estimate of drug-likeness (QED) is 0.899. The van der Waals surface area contributed by atoms with Gasteiger partial charge in [-0.1, -0.05) is 6.92 Å². The largest absolute Gasteiger partial charge is 0.396 e. The van der Waals surface area contributed by atoms with Gasteiger partial charge in [-0.15, -0.1) is 0 Å². The van der Waals surface area contributed by atoms with E-state index in [1.165, 1.54) is 0 Å². The molecule has 0 spiro atoms. The molecule has 0 aromatic heterocycles. The summed E-state index contributed by atoms with van der Waals surface area (Å²) in [5, 5.41) is 12.5. The van der Waals surface area contributed by atoms with Crippen LogP contribution in [0.3, 0.4) is 0 Å². The highest BCUT2D eigenvalue weighted by atomic mass is 16.3. The molecule has 1 fully saturated rings. The van der Waals surface area contributed by atoms with Gasteiger partial charge < -0.3 is 20.2 Å². The van der Waals surface area contributed by atoms with Crippen molar-refractivity contribution in [1.29, 1.82) is 0 Å². The number of aliphatic hydroxyl groups is 1. The van der Waals surface area contributed by atoms with Gasteiger partial charge in [0.2, 0.25) is 0 Å². The van der Waals surface area contributed by atoms with E-state index in [9.17, 15) is 9.90 Å². The lowest BCUT2D eigenvalue weighted by Gasteiger charge is -2.40. The first-order valence-electron chi connectivity index (χ1n) is 7.94. The number of likely N-dealkylation sites (tertiary alicyclic amines) is 1. The summed E-state index contributed by atoms with van der Waals surface area (Å²) in [5.74, 6) is 0. The van der Waals surface area contributed by atoms with E-state index < -0.39 is 0 Å². The molecule has 2 N–H and O–H groups in total. The lowest BCUT2D eigenvalue weighted by Crippen LogP contribution is -2.46. The fraction of sp³-hybridized carbons (Fsp3) is 0.588. The lowest BCUT2D eigenvalue weighted by atomic mass is 9.77. The van der Waals surface area contributed by atoms with Crippen LogP contribution in [0.5, 0.6) is 0 Å². The van der Waals surface area contributed by atoms with E-state index in [0.717, 1.165) is 30.6 Å². The number of anilines is 2. The smallest absolute Gasteiger partial charge is 0.321 e. The maximum absolute atomic E-state index is 12.3. The number of hydrogen-bond acceptors (Lipinski definition) is 3. The van der Waals surface area contributed by atoms with Gasteiger partial charge in [0.1, 0.15) is 0 Å². The summed E-state index contributed by atoms with van der Waals surface area (Å²) >= 11 is 0. The van der Waals surface area contributed by atoms with Crippen molar-refractivity contribution in [3.8, 4) is 0 Å². The maximum Gasteiger partial charge on any atom is 0.321 e. The normalized spacial score (nSPS) is 17.2. The highest BCUT2D eigenvalue weighted by molar-refractivity contribution is 5.89. The standard InChI is InChI=1S/C17H27N3O2/c1-4-17(13-21)9-11-20(12-10-17)16(22)18-14-5-7-15(8-6-14)19(2)3/h5-8,21H,4,9-13H2,1-3H3,(H,18,22). The second-order valence-corrected chi connectivity index (χ2v) is 6.37. The highest BCUT2D eigenvalue weighted by Gasteiger charge is 2.33. The molecule has 2 rings (SSSR count). The number of nitrogens with zero attached hydrogens (tertiary/aromatic N) is 2. The van der Waals surface area contributed by atoms with E-state index in [0.29, 0.717) is 13.1 Å². The summed E-state index contributed by atoms with van der Waals surface area (Å²) in [6.07, 6.45) is 2.70. The number of carbonyl (C=O) groups is 1. The third-order valence-electron chi connectivity index (χ3n) is 4.83. The Bertz CT molecular complexity index is 485. The molecule has 1 heterocycles. The fourth-order valence-corrected chi connectivity index (χ4v) is 2.85. The minimum absolute atomic E-state index is 0.00411. The van der Waals surface area contributed by atoms with Gasteiger partial charge in [-0.3, -0.25) is 0 Å². The van der Waals surface area contributed by atoms with E-state index in [1.807, 2.05) is 48.2 Å². The molecule has 0 aliphatic carbocycles. The van der Waals surface area contributed by atoms with Crippen molar-refractivity contribution in [2.45, 2.75) is 26.2 Å². The van der Waals surface area contributed by atoms with Crippen LogP contribution in [0.25, 0.3) is 0 Å². The summed E-state index contributed by atoms with van der Waals surface area (Å²) in [5.41, 5.74) is 1.92. The Morgan fingerprint density at radius 3 is 2.32 bits per heavy atom. The van der Waals surface area contributed by atoms with Crippen molar-refractivity contribution < 1.29 is 9.90 Å². The number of nitrogens with one attached hydrogen (secondary N) is 1. The molecule has 0 radical (unpaired) electrons. The van der Waals surface area contributed by atoms with E-state index >= 15 is 0 Å². The van der Waals surface area contributed by atoms with Crippen LogP contribution in [0.4, 0.5) is 16.2 Å². The molecule has 22 heavy (non-hydrogen) atoms. The minimum Gasteiger partial charge on any atom is -0.396 e. The number of aliphatic hydroxyl groups excluding tert-OH is 1. The topological polar surface area (TPSA) is 55.8 Å². The molecule has 0 unspecified atom stereocenters. The summed E-state index contributed by atoms with van der Waals surface area (Å²) in [4.78, 5) is 16.2. The van der Waals surface area contributed by atoms with Crippen LogP contribution in [0.15, 0.2) is 24.3 Å². The van der Waals surface area contributed by atoms with Gasteiger partial charge in [0.25, 0.3) is 0 Å². The average molecular weight is 305 g/mol. The van der Waals surface area contributed by atoms with Crippen molar-refractivity contribution in [2.24, 2.45) is 5.41 Å². The molecular weight excluding hydrogens is 278 g/mol. The van der Waals surface area contributed by atoms with E-state index in [-0.39, 0.29) is 18.1 Å². The van der Waals surface area contributed by atoms with E-state index in [4.69, 9.17) is 0 Å².